The standard InChI is InChI=1S/C23H13Cl2N3O5S/c24-14-6-8-15(9-7-14)27-22(30)16(21(29)26-23(27)34)11-13-5-10-20(18(12-13)28(31)32)33-19-4-2-1-3-17(19)25/h1-12H,(H,26,29,34). The summed E-state index contributed by atoms with van der Waals surface area (Å²) in [5.41, 5.74) is 0.0148. The van der Waals surface area contributed by atoms with Crippen LogP contribution < -0.4 is 15.0 Å². The average Bonchev–Trinajstić information content (AvgIpc) is 2.80. The van der Waals surface area contributed by atoms with Crippen molar-refractivity contribution in [2.75, 3.05) is 4.90 Å². The first kappa shape index (κ1) is 23.4. The molecular weight excluding hydrogens is 501 g/mol. The van der Waals surface area contributed by atoms with E-state index in [1.165, 1.54) is 24.3 Å². The lowest BCUT2D eigenvalue weighted by atomic mass is 10.1. The van der Waals surface area contributed by atoms with E-state index in [-0.39, 0.29) is 38.5 Å². The van der Waals surface area contributed by atoms with Crippen molar-refractivity contribution in [2.45, 2.75) is 0 Å². The molecule has 3 aromatic carbocycles. The Labute approximate surface area is 208 Å². The number of thiocarbonyl (C=S) groups is 1. The molecule has 1 aliphatic heterocycles. The number of carbonyl (C=O) groups excluding carboxylic acids is 2. The van der Waals surface area contributed by atoms with Crippen LogP contribution in [0.2, 0.25) is 10.0 Å². The predicted octanol–water partition coefficient (Wildman–Crippen LogP) is 5.53. The van der Waals surface area contributed by atoms with Crippen molar-refractivity contribution in [3.05, 3.63) is 98.0 Å². The smallest absolute Gasteiger partial charge is 0.312 e. The summed E-state index contributed by atoms with van der Waals surface area (Å²) in [4.78, 5) is 37.8. The lowest BCUT2D eigenvalue weighted by Crippen LogP contribution is -2.54. The highest BCUT2D eigenvalue weighted by molar-refractivity contribution is 7.80. The highest BCUT2D eigenvalue weighted by Crippen LogP contribution is 2.36. The van der Waals surface area contributed by atoms with E-state index in [4.69, 9.17) is 40.2 Å². The van der Waals surface area contributed by atoms with Gasteiger partial charge in [-0.15, -0.1) is 0 Å². The molecular formula is C23H13Cl2N3O5S. The molecule has 0 bridgehead atoms. The number of nitrogens with zero attached hydrogens (tertiary/aromatic N) is 2. The second-order valence-electron chi connectivity index (χ2n) is 6.95. The van der Waals surface area contributed by atoms with Crippen LogP contribution in [0.1, 0.15) is 5.56 Å². The summed E-state index contributed by atoms with van der Waals surface area (Å²) >= 11 is 17.1. The molecule has 1 aliphatic rings. The van der Waals surface area contributed by atoms with E-state index in [2.05, 4.69) is 5.32 Å². The lowest BCUT2D eigenvalue weighted by molar-refractivity contribution is -0.385. The van der Waals surface area contributed by atoms with E-state index in [0.29, 0.717) is 10.7 Å². The monoisotopic (exact) mass is 513 g/mol. The van der Waals surface area contributed by atoms with Gasteiger partial charge in [0.25, 0.3) is 11.8 Å². The zero-order valence-corrected chi connectivity index (χ0v) is 19.4. The second-order valence-corrected chi connectivity index (χ2v) is 8.18. The highest BCUT2D eigenvalue weighted by atomic mass is 35.5. The first-order chi connectivity index (χ1) is 16.2. The Kier molecular flexibility index (Phi) is 6.60. The number of para-hydroxylation sites is 1. The van der Waals surface area contributed by atoms with Gasteiger partial charge in [0.2, 0.25) is 5.75 Å². The molecule has 2 amide bonds. The van der Waals surface area contributed by atoms with Gasteiger partial charge in [-0.1, -0.05) is 41.4 Å². The van der Waals surface area contributed by atoms with Gasteiger partial charge in [-0.25, -0.2) is 0 Å². The van der Waals surface area contributed by atoms with E-state index in [0.717, 1.165) is 4.90 Å². The SMILES string of the molecule is O=C1NC(=S)N(c2ccc(Cl)cc2)C(=O)C1=Cc1ccc(Oc2ccccc2Cl)c([N+](=O)[O-])c1. The highest BCUT2D eigenvalue weighted by Gasteiger charge is 2.34. The average molecular weight is 514 g/mol. The van der Waals surface area contributed by atoms with Gasteiger partial charge in [0.15, 0.2) is 5.11 Å². The van der Waals surface area contributed by atoms with Gasteiger partial charge in [-0.05, 0) is 66.3 Å². The number of carbonyl (C=O) groups is 2. The van der Waals surface area contributed by atoms with Crippen LogP contribution >= 0.6 is 35.4 Å². The molecule has 1 heterocycles. The minimum atomic E-state index is -0.723. The molecule has 34 heavy (non-hydrogen) atoms. The Hall–Kier alpha value is -3.79. The Morgan fingerprint density at radius 3 is 2.38 bits per heavy atom. The van der Waals surface area contributed by atoms with E-state index in [1.54, 1.807) is 48.5 Å². The van der Waals surface area contributed by atoms with Crippen molar-refractivity contribution in [2.24, 2.45) is 0 Å². The number of rotatable bonds is 5. The van der Waals surface area contributed by atoms with Crippen molar-refractivity contribution >= 4 is 69.8 Å². The van der Waals surface area contributed by atoms with Crippen LogP contribution in [0.3, 0.4) is 0 Å². The summed E-state index contributed by atoms with van der Waals surface area (Å²) in [6, 6.07) is 16.9. The minimum Gasteiger partial charge on any atom is -0.449 e. The molecule has 8 nitrogen and oxygen atoms in total. The first-order valence-electron chi connectivity index (χ1n) is 9.62. The topological polar surface area (TPSA) is 102 Å². The van der Waals surface area contributed by atoms with Gasteiger partial charge in [0.05, 0.1) is 15.6 Å². The Balaban J connectivity index is 1.70. The van der Waals surface area contributed by atoms with Crippen LogP contribution in [0, 0.1) is 10.1 Å². The molecule has 0 radical (unpaired) electrons. The van der Waals surface area contributed by atoms with Crippen molar-refractivity contribution in [3.8, 4) is 11.5 Å². The number of nitro benzene ring substituents is 1. The predicted molar refractivity (Wildman–Crippen MR) is 132 cm³/mol. The lowest BCUT2D eigenvalue weighted by Gasteiger charge is -2.28. The van der Waals surface area contributed by atoms with Crippen molar-refractivity contribution < 1.29 is 19.2 Å². The third-order valence-corrected chi connectivity index (χ3v) is 5.58. The van der Waals surface area contributed by atoms with Crippen LogP contribution in [0.5, 0.6) is 11.5 Å². The number of ether oxygens (including phenoxy) is 1. The summed E-state index contributed by atoms with van der Waals surface area (Å²) in [6.07, 6.45) is 1.24. The summed E-state index contributed by atoms with van der Waals surface area (Å²) in [5, 5.41) is 14.8. The summed E-state index contributed by atoms with van der Waals surface area (Å²) in [7, 11) is 0. The maximum Gasteiger partial charge on any atom is 0.312 e. The Morgan fingerprint density at radius 1 is 1.00 bits per heavy atom. The van der Waals surface area contributed by atoms with Crippen LogP contribution in [0.25, 0.3) is 6.08 Å². The number of anilines is 1. The third-order valence-electron chi connectivity index (χ3n) is 4.73. The van der Waals surface area contributed by atoms with E-state index in [1.807, 2.05) is 0 Å². The molecule has 0 atom stereocenters. The van der Waals surface area contributed by atoms with Gasteiger partial charge in [-0.3, -0.25) is 29.9 Å². The largest absolute Gasteiger partial charge is 0.449 e. The Bertz CT molecular complexity index is 1380. The molecule has 170 valence electrons. The number of halogens is 2. The number of hydrogen-bond donors (Lipinski definition) is 1. The maximum atomic E-state index is 13.1. The fourth-order valence-electron chi connectivity index (χ4n) is 3.15. The quantitative estimate of drug-likeness (QED) is 0.158. The van der Waals surface area contributed by atoms with Gasteiger partial charge >= 0.3 is 5.69 Å². The molecule has 0 saturated carbocycles. The van der Waals surface area contributed by atoms with Crippen LogP contribution in [-0.4, -0.2) is 21.9 Å². The molecule has 0 aliphatic carbocycles. The van der Waals surface area contributed by atoms with Crippen LogP contribution in [0.15, 0.2) is 72.3 Å². The number of nitro groups is 1. The second kappa shape index (κ2) is 9.60. The van der Waals surface area contributed by atoms with E-state index in [9.17, 15) is 19.7 Å². The summed E-state index contributed by atoms with van der Waals surface area (Å²) < 4.78 is 5.61. The molecule has 0 unspecified atom stereocenters. The molecule has 1 N–H and O–H groups in total. The molecule has 1 saturated heterocycles. The Morgan fingerprint density at radius 2 is 1.71 bits per heavy atom. The maximum absolute atomic E-state index is 13.1. The number of benzene rings is 3. The summed E-state index contributed by atoms with van der Waals surface area (Å²) in [6.45, 7) is 0. The third kappa shape index (κ3) is 4.76. The molecule has 1 fully saturated rings. The number of nitrogens with one attached hydrogen (secondary N) is 1. The van der Waals surface area contributed by atoms with Gasteiger partial charge < -0.3 is 4.74 Å². The van der Waals surface area contributed by atoms with Gasteiger partial charge in [-0.2, -0.15) is 0 Å². The zero-order valence-electron chi connectivity index (χ0n) is 17.0. The van der Waals surface area contributed by atoms with Crippen LogP contribution in [0.4, 0.5) is 11.4 Å². The van der Waals surface area contributed by atoms with E-state index < -0.39 is 16.7 Å². The van der Waals surface area contributed by atoms with Crippen molar-refractivity contribution in [1.82, 2.24) is 5.32 Å². The molecule has 3 aromatic rings. The summed E-state index contributed by atoms with van der Waals surface area (Å²) in [5.74, 6) is -1.22. The zero-order chi connectivity index (χ0) is 24.4. The molecule has 4 rings (SSSR count). The van der Waals surface area contributed by atoms with Gasteiger partial charge in [0, 0.05) is 11.1 Å². The minimum absolute atomic E-state index is 0.0522. The normalized spacial score (nSPS) is 14.8. The first-order valence-corrected chi connectivity index (χ1v) is 10.8. The van der Waals surface area contributed by atoms with Crippen molar-refractivity contribution in [1.29, 1.82) is 0 Å². The van der Waals surface area contributed by atoms with Gasteiger partial charge in [0.1, 0.15) is 11.3 Å². The fourth-order valence-corrected chi connectivity index (χ4v) is 3.73. The number of amides is 2. The molecule has 0 spiro atoms. The number of hydrogen-bond acceptors (Lipinski definition) is 6. The fraction of sp³-hybridized carbons (Fsp3) is 0. The van der Waals surface area contributed by atoms with Crippen LogP contribution in [-0.2, 0) is 9.59 Å². The molecule has 11 heteroatoms. The molecule has 0 aromatic heterocycles. The van der Waals surface area contributed by atoms with Crippen molar-refractivity contribution in [3.63, 3.8) is 0 Å². The van der Waals surface area contributed by atoms with E-state index >= 15 is 0 Å².